The fraction of sp³-hybridized carbons (Fsp3) is 0.632. The first kappa shape index (κ1) is 34.4. The largest absolute Gasteiger partial charge is 0.480 e. The van der Waals surface area contributed by atoms with Crippen LogP contribution in [-0.4, -0.2) is 113 Å². The zero-order valence-corrected chi connectivity index (χ0v) is 30.8. The van der Waals surface area contributed by atoms with E-state index in [9.17, 15) is 5.11 Å². The summed E-state index contributed by atoms with van der Waals surface area (Å²) in [4.78, 5) is 19.2. The molecule has 14 heteroatoms. The molecule has 2 aliphatic heterocycles. The highest BCUT2D eigenvalue weighted by Crippen LogP contribution is 2.52. The highest BCUT2D eigenvalue weighted by molar-refractivity contribution is 6.33. The molecule has 278 valence electrons. The van der Waals surface area contributed by atoms with Crippen LogP contribution in [-0.2, 0) is 9.47 Å². The maximum Gasteiger partial charge on any atom is 0.319 e. The summed E-state index contributed by atoms with van der Waals surface area (Å²) in [7, 11) is 3.32. The average molecular weight is 736 g/mol. The number of hydrogen-bond acceptors (Lipinski definition) is 11. The lowest BCUT2D eigenvalue weighted by atomic mass is 9.73. The fourth-order valence-corrected chi connectivity index (χ4v) is 9.94. The Morgan fingerprint density at radius 1 is 1.12 bits per heavy atom. The quantitative estimate of drug-likeness (QED) is 0.209. The first-order valence-electron chi connectivity index (χ1n) is 18.8. The zero-order chi connectivity index (χ0) is 35.8. The van der Waals surface area contributed by atoms with E-state index in [4.69, 9.17) is 45.5 Å². The third kappa shape index (κ3) is 5.87. The molecule has 0 radical (unpaired) electrons. The van der Waals surface area contributed by atoms with Crippen molar-refractivity contribution in [3.8, 4) is 23.1 Å². The number of likely N-dealkylation sites (tertiary alicyclic amines) is 1. The van der Waals surface area contributed by atoms with Crippen molar-refractivity contribution in [1.29, 1.82) is 0 Å². The van der Waals surface area contributed by atoms with Crippen molar-refractivity contribution >= 4 is 39.2 Å². The number of methoxy groups -OCH3 is 2. The molecule has 1 aromatic carbocycles. The van der Waals surface area contributed by atoms with Crippen LogP contribution in [0.2, 0.25) is 5.02 Å². The number of benzene rings is 1. The molecule has 5 fully saturated rings. The molecule has 3 saturated carbocycles. The second-order valence-electron chi connectivity index (χ2n) is 15.9. The summed E-state index contributed by atoms with van der Waals surface area (Å²) in [6.07, 6.45) is 11.6. The minimum Gasteiger partial charge on any atom is -0.480 e. The summed E-state index contributed by atoms with van der Waals surface area (Å²) < 4.78 is 41.4. The van der Waals surface area contributed by atoms with Gasteiger partial charge in [-0.05, 0) is 82.4 Å². The van der Waals surface area contributed by atoms with Gasteiger partial charge in [0, 0.05) is 47.1 Å². The summed E-state index contributed by atoms with van der Waals surface area (Å²) in [5.41, 5.74) is 1.05. The normalized spacial score (nSPS) is 29.7. The SMILES string of the molecule is COc1nc(-c2c(C3CC3)c(Cl)cc3[nH]ncc23)c(F)c2nc(OCC34CCCC3N(C3CC(OC)C3)CCC4)nc(N3CCOCC(C)(O)C3)c12. The van der Waals surface area contributed by atoms with Crippen LogP contribution in [0, 0.1) is 11.2 Å². The highest BCUT2D eigenvalue weighted by Gasteiger charge is 2.52. The molecule has 3 unspecified atom stereocenters. The lowest BCUT2D eigenvalue weighted by Gasteiger charge is -2.53. The summed E-state index contributed by atoms with van der Waals surface area (Å²) in [6.45, 7) is 4.38. The summed E-state index contributed by atoms with van der Waals surface area (Å²) in [5, 5.41) is 20.0. The Morgan fingerprint density at radius 2 is 1.94 bits per heavy atom. The molecule has 0 amide bonds. The number of H-pyrrole nitrogens is 1. The first-order chi connectivity index (χ1) is 25.2. The van der Waals surface area contributed by atoms with Crippen molar-refractivity contribution < 1.29 is 28.4 Å². The molecular weight excluding hydrogens is 689 g/mol. The number of hydrogen-bond donors (Lipinski definition) is 2. The van der Waals surface area contributed by atoms with E-state index in [2.05, 4.69) is 15.1 Å². The van der Waals surface area contributed by atoms with Crippen LogP contribution < -0.4 is 14.4 Å². The number of piperidine rings is 1. The number of pyridine rings is 1. The van der Waals surface area contributed by atoms with Gasteiger partial charge in [0.05, 0.1) is 51.3 Å². The minimum absolute atomic E-state index is 0.0378. The number of halogens is 2. The van der Waals surface area contributed by atoms with Gasteiger partial charge in [-0.3, -0.25) is 10.00 Å². The van der Waals surface area contributed by atoms with Gasteiger partial charge in [-0.1, -0.05) is 18.0 Å². The highest BCUT2D eigenvalue weighted by atomic mass is 35.5. The molecule has 52 heavy (non-hydrogen) atoms. The predicted molar refractivity (Wildman–Crippen MR) is 195 cm³/mol. The van der Waals surface area contributed by atoms with Crippen molar-refractivity contribution in [2.24, 2.45) is 5.41 Å². The van der Waals surface area contributed by atoms with E-state index in [1.807, 2.05) is 11.0 Å². The average Bonchev–Trinajstić information content (AvgIpc) is 3.73. The number of β-amino-alcohol motifs (C(OH)–C–C–N with tert-alkyl or cyclic N) is 1. The molecule has 4 aromatic rings. The molecule has 3 aromatic heterocycles. The molecular formula is C38H47ClFN7O5. The maximum atomic E-state index is 17.5. The number of aliphatic hydroxyl groups is 1. The Bertz CT molecular complexity index is 2000. The minimum atomic E-state index is -1.17. The summed E-state index contributed by atoms with van der Waals surface area (Å²) in [5.74, 6) is 0.127. The first-order valence-corrected chi connectivity index (χ1v) is 19.1. The number of ether oxygens (including phenoxy) is 4. The van der Waals surface area contributed by atoms with E-state index in [-0.39, 0.29) is 47.6 Å². The van der Waals surface area contributed by atoms with Gasteiger partial charge in [-0.2, -0.15) is 15.1 Å². The molecule has 2 N–H and O–H groups in total. The van der Waals surface area contributed by atoms with Crippen molar-refractivity contribution in [2.45, 2.75) is 94.4 Å². The van der Waals surface area contributed by atoms with Gasteiger partial charge in [0.1, 0.15) is 28.0 Å². The van der Waals surface area contributed by atoms with Crippen molar-refractivity contribution in [3.05, 3.63) is 28.7 Å². The van der Waals surface area contributed by atoms with Gasteiger partial charge < -0.3 is 29.0 Å². The summed E-state index contributed by atoms with van der Waals surface area (Å²) >= 11 is 6.88. The Kier molecular flexibility index (Phi) is 8.73. The van der Waals surface area contributed by atoms with E-state index in [0.29, 0.717) is 65.3 Å². The second-order valence-corrected chi connectivity index (χ2v) is 16.4. The Hall–Kier alpha value is -3.36. The number of nitrogens with one attached hydrogen (secondary N) is 1. The van der Waals surface area contributed by atoms with Crippen LogP contribution in [0.3, 0.4) is 0 Å². The van der Waals surface area contributed by atoms with E-state index >= 15 is 4.39 Å². The molecule has 5 heterocycles. The Labute approximate surface area is 307 Å². The zero-order valence-electron chi connectivity index (χ0n) is 30.1. The number of fused-ring (bicyclic) bond motifs is 3. The smallest absolute Gasteiger partial charge is 0.319 e. The molecule has 0 spiro atoms. The molecule has 3 aliphatic carbocycles. The third-order valence-electron chi connectivity index (χ3n) is 12.3. The molecule has 9 rings (SSSR count). The lowest BCUT2D eigenvalue weighted by Crippen LogP contribution is -2.59. The number of aromatic nitrogens is 5. The summed E-state index contributed by atoms with van der Waals surface area (Å²) in [6, 6.07) is 2.89. The molecule has 0 bridgehead atoms. The Balaban J connectivity index is 1.16. The van der Waals surface area contributed by atoms with Gasteiger partial charge in [-0.25, -0.2) is 9.37 Å². The van der Waals surface area contributed by atoms with Crippen LogP contribution in [0.5, 0.6) is 11.9 Å². The van der Waals surface area contributed by atoms with E-state index in [1.165, 1.54) is 7.11 Å². The Morgan fingerprint density at radius 3 is 2.73 bits per heavy atom. The van der Waals surface area contributed by atoms with Gasteiger partial charge in [0.15, 0.2) is 5.82 Å². The van der Waals surface area contributed by atoms with Crippen LogP contribution in [0.1, 0.15) is 76.2 Å². The van der Waals surface area contributed by atoms with E-state index in [1.54, 1.807) is 20.2 Å². The van der Waals surface area contributed by atoms with Crippen LogP contribution in [0.4, 0.5) is 10.2 Å². The topological polar surface area (TPSA) is 131 Å². The van der Waals surface area contributed by atoms with Crippen molar-refractivity contribution in [2.75, 3.05) is 58.6 Å². The van der Waals surface area contributed by atoms with Gasteiger partial charge in [0.2, 0.25) is 5.88 Å². The van der Waals surface area contributed by atoms with Gasteiger partial charge >= 0.3 is 6.01 Å². The van der Waals surface area contributed by atoms with Crippen molar-refractivity contribution in [3.63, 3.8) is 0 Å². The molecule has 5 aliphatic rings. The van der Waals surface area contributed by atoms with Crippen molar-refractivity contribution in [1.82, 2.24) is 30.0 Å². The maximum absolute atomic E-state index is 17.5. The number of rotatable bonds is 9. The number of nitrogens with zero attached hydrogens (tertiary/aromatic N) is 6. The lowest BCUT2D eigenvalue weighted by molar-refractivity contribution is -0.0845. The standard InChI is InChI=1S/C38H47ClFN7O5/c1-37(48)18-46(12-13-51-19-37)34-30-33(31(40)32(42-35(30)50-3)29-24-17-41-45-26(24)16-25(39)28(29)21-7-8-21)43-36(44-34)52-20-38-9-4-6-27(38)47(11-5-10-38)22-14-23(15-22)49-2/h16-17,21-23,27,48H,4-15,18-20H2,1-3H3,(H,41,45). The van der Waals surface area contributed by atoms with Crippen LogP contribution in [0.15, 0.2) is 12.3 Å². The fourth-order valence-electron chi connectivity index (χ4n) is 9.58. The van der Waals surface area contributed by atoms with Crippen LogP contribution >= 0.6 is 11.6 Å². The third-order valence-corrected chi connectivity index (χ3v) is 12.6. The molecule has 2 saturated heterocycles. The van der Waals surface area contributed by atoms with Gasteiger partial charge in [0.25, 0.3) is 0 Å². The van der Waals surface area contributed by atoms with E-state index < -0.39 is 11.4 Å². The van der Waals surface area contributed by atoms with E-state index in [0.717, 1.165) is 75.3 Å². The predicted octanol–water partition coefficient (Wildman–Crippen LogP) is 6.03. The van der Waals surface area contributed by atoms with Crippen LogP contribution in [0.25, 0.3) is 33.1 Å². The molecule has 12 nitrogen and oxygen atoms in total. The number of aromatic amines is 1. The molecule has 3 atom stereocenters. The second kappa shape index (κ2) is 13.2. The van der Waals surface area contributed by atoms with Gasteiger partial charge in [-0.15, -0.1) is 0 Å². The number of anilines is 1. The monoisotopic (exact) mass is 735 g/mol.